The van der Waals surface area contributed by atoms with Crippen molar-refractivity contribution in [3.63, 3.8) is 0 Å². The van der Waals surface area contributed by atoms with E-state index in [0.29, 0.717) is 0 Å². The highest BCUT2D eigenvalue weighted by Gasteiger charge is 2.32. The molecule has 0 bridgehead atoms. The first-order valence-corrected chi connectivity index (χ1v) is 7.69. The minimum absolute atomic E-state index is 0.0921. The van der Waals surface area contributed by atoms with Gasteiger partial charge in [0.05, 0.1) is 12.6 Å². The van der Waals surface area contributed by atoms with Gasteiger partial charge in [-0.2, -0.15) is 0 Å². The Morgan fingerprint density at radius 2 is 2.33 bits per heavy atom. The van der Waals surface area contributed by atoms with E-state index in [1.807, 2.05) is 0 Å². The number of thiophene rings is 1. The number of nitrogens with zero attached hydrogens (tertiary/aromatic N) is 1. The smallest absolute Gasteiger partial charge is 0.0596 e. The number of aryl methyl sites for hydroxylation is 1. The van der Waals surface area contributed by atoms with E-state index in [2.05, 4.69) is 30.2 Å². The predicted molar refractivity (Wildman–Crippen MR) is 76.9 cm³/mol. The summed E-state index contributed by atoms with van der Waals surface area (Å²) in [5.74, 6) is 0. The summed E-state index contributed by atoms with van der Waals surface area (Å²) in [6, 6.07) is 2.78. The molecule has 3 N–H and O–H groups in total. The lowest BCUT2D eigenvalue weighted by molar-refractivity contribution is 0.0455. The van der Waals surface area contributed by atoms with Crippen molar-refractivity contribution in [1.82, 2.24) is 4.90 Å². The van der Waals surface area contributed by atoms with Gasteiger partial charge in [-0.25, -0.2) is 0 Å². The van der Waals surface area contributed by atoms with E-state index in [9.17, 15) is 5.11 Å². The number of hydrogen-bond acceptors (Lipinski definition) is 4. The SMILES string of the molecule is Cc1ccsc1C(C(C)N)N1CCCCC1CO. The van der Waals surface area contributed by atoms with Gasteiger partial charge in [0.1, 0.15) is 0 Å². The maximum absolute atomic E-state index is 9.58. The van der Waals surface area contributed by atoms with Crippen molar-refractivity contribution < 1.29 is 5.11 Å². The largest absolute Gasteiger partial charge is 0.395 e. The van der Waals surface area contributed by atoms with E-state index in [-0.39, 0.29) is 24.7 Å². The summed E-state index contributed by atoms with van der Waals surface area (Å²) in [5, 5.41) is 11.7. The molecule has 18 heavy (non-hydrogen) atoms. The molecule has 0 amide bonds. The standard InChI is InChI=1S/C14H24N2OS/c1-10-6-8-18-14(10)13(11(2)15)16-7-4-3-5-12(16)9-17/h6,8,11-13,17H,3-5,7,9,15H2,1-2H3. The Bertz CT molecular complexity index is 378. The van der Waals surface area contributed by atoms with Gasteiger partial charge in [0.2, 0.25) is 0 Å². The van der Waals surface area contributed by atoms with Gasteiger partial charge in [-0.3, -0.25) is 4.90 Å². The van der Waals surface area contributed by atoms with E-state index in [4.69, 9.17) is 5.73 Å². The van der Waals surface area contributed by atoms with E-state index in [1.165, 1.54) is 23.3 Å². The van der Waals surface area contributed by atoms with Crippen molar-refractivity contribution in [1.29, 1.82) is 0 Å². The zero-order valence-electron chi connectivity index (χ0n) is 11.3. The Hall–Kier alpha value is -0.420. The fourth-order valence-electron chi connectivity index (χ4n) is 2.96. The molecule has 0 radical (unpaired) electrons. The molecule has 1 fully saturated rings. The molecule has 1 aliphatic heterocycles. The number of aliphatic hydroxyl groups excluding tert-OH is 1. The molecule has 1 aliphatic rings. The normalized spacial score (nSPS) is 25.0. The molecule has 3 nitrogen and oxygen atoms in total. The van der Waals surface area contributed by atoms with Crippen LogP contribution < -0.4 is 5.73 Å². The zero-order chi connectivity index (χ0) is 13.1. The van der Waals surface area contributed by atoms with Crippen LogP contribution in [0.3, 0.4) is 0 Å². The monoisotopic (exact) mass is 268 g/mol. The molecule has 102 valence electrons. The number of rotatable bonds is 4. The van der Waals surface area contributed by atoms with Crippen molar-refractivity contribution >= 4 is 11.3 Å². The predicted octanol–water partition coefficient (Wildman–Crippen LogP) is 2.29. The van der Waals surface area contributed by atoms with Crippen LogP contribution in [0.5, 0.6) is 0 Å². The second-order valence-corrected chi connectivity index (χ2v) is 6.29. The average molecular weight is 268 g/mol. The lowest BCUT2D eigenvalue weighted by Crippen LogP contribution is -2.49. The second kappa shape index (κ2) is 6.15. The van der Waals surface area contributed by atoms with Gasteiger partial charge in [-0.05, 0) is 50.2 Å². The molecule has 1 aromatic rings. The summed E-state index contributed by atoms with van der Waals surface area (Å²) in [7, 11) is 0. The highest BCUT2D eigenvalue weighted by atomic mass is 32.1. The Kier molecular flexibility index (Phi) is 4.78. The van der Waals surface area contributed by atoms with Crippen LogP contribution >= 0.6 is 11.3 Å². The van der Waals surface area contributed by atoms with Gasteiger partial charge < -0.3 is 10.8 Å². The average Bonchev–Trinajstić information content (AvgIpc) is 2.76. The Morgan fingerprint density at radius 3 is 2.89 bits per heavy atom. The molecule has 3 atom stereocenters. The van der Waals surface area contributed by atoms with E-state index in [1.54, 1.807) is 11.3 Å². The van der Waals surface area contributed by atoms with E-state index < -0.39 is 0 Å². The summed E-state index contributed by atoms with van der Waals surface area (Å²) in [4.78, 5) is 3.79. The van der Waals surface area contributed by atoms with Crippen LogP contribution in [0, 0.1) is 6.92 Å². The first kappa shape index (κ1) is 14.0. The molecule has 0 aromatic carbocycles. The number of hydrogen-bond donors (Lipinski definition) is 2. The summed E-state index contributed by atoms with van der Waals surface area (Å²) in [6.45, 7) is 5.52. The molecular formula is C14H24N2OS. The Morgan fingerprint density at radius 1 is 1.56 bits per heavy atom. The van der Waals surface area contributed by atoms with Crippen molar-refractivity contribution in [2.45, 2.75) is 51.2 Å². The summed E-state index contributed by atoms with van der Waals surface area (Å²) < 4.78 is 0. The molecule has 0 saturated carbocycles. The van der Waals surface area contributed by atoms with Crippen LogP contribution in [0.2, 0.25) is 0 Å². The van der Waals surface area contributed by atoms with Crippen LogP contribution in [0.1, 0.15) is 42.7 Å². The molecule has 3 unspecified atom stereocenters. The molecule has 2 heterocycles. The van der Waals surface area contributed by atoms with E-state index >= 15 is 0 Å². The maximum atomic E-state index is 9.58. The van der Waals surface area contributed by atoms with Crippen LogP contribution in [0.25, 0.3) is 0 Å². The molecule has 1 aromatic heterocycles. The van der Waals surface area contributed by atoms with Crippen LogP contribution in [-0.2, 0) is 0 Å². The molecular weight excluding hydrogens is 244 g/mol. The van der Waals surface area contributed by atoms with Crippen molar-refractivity contribution in [3.05, 3.63) is 21.9 Å². The quantitative estimate of drug-likeness (QED) is 0.881. The summed E-state index contributed by atoms with van der Waals surface area (Å²) >= 11 is 1.79. The summed E-state index contributed by atoms with van der Waals surface area (Å²) in [5.41, 5.74) is 7.55. The van der Waals surface area contributed by atoms with Gasteiger partial charge in [0.25, 0.3) is 0 Å². The first-order valence-electron chi connectivity index (χ1n) is 6.81. The third-order valence-electron chi connectivity index (χ3n) is 3.91. The van der Waals surface area contributed by atoms with Crippen molar-refractivity contribution in [3.8, 4) is 0 Å². The highest BCUT2D eigenvalue weighted by Crippen LogP contribution is 2.34. The fraction of sp³-hybridized carbons (Fsp3) is 0.714. The van der Waals surface area contributed by atoms with Gasteiger partial charge in [0.15, 0.2) is 0 Å². The lowest BCUT2D eigenvalue weighted by atomic mass is 9.96. The van der Waals surface area contributed by atoms with Crippen LogP contribution in [0.4, 0.5) is 0 Å². The first-order chi connectivity index (χ1) is 8.65. The molecule has 2 rings (SSSR count). The summed E-state index contributed by atoms with van der Waals surface area (Å²) in [6.07, 6.45) is 3.52. The number of aliphatic hydroxyl groups is 1. The number of likely N-dealkylation sites (tertiary alicyclic amines) is 1. The Labute approximate surface area is 114 Å². The third kappa shape index (κ3) is 2.77. The minimum atomic E-state index is 0.0921. The second-order valence-electron chi connectivity index (χ2n) is 5.34. The van der Waals surface area contributed by atoms with Crippen molar-refractivity contribution in [2.75, 3.05) is 13.2 Å². The van der Waals surface area contributed by atoms with Gasteiger partial charge in [-0.1, -0.05) is 6.42 Å². The van der Waals surface area contributed by atoms with Crippen molar-refractivity contribution in [2.24, 2.45) is 5.73 Å². The zero-order valence-corrected chi connectivity index (χ0v) is 12.1. The highest BCUT2D eigenvalue weighted by molar-refractivity contribution is 7.10. The minimum Gasteiger partial charge on any atom is -0.395 e. The molecule has 0 aliphatic carbocycles. The van der Waals surface area contributed by atoms with E-state index in [0.717, 1.165) is 13.0 Å². The molecule has 4 heteroatoms. The topological polar surface area (TPSA) is 49.5 Å². The van der Waals surface area contributed by atoms with Gasteiger partial charge >= 0.3 is 0 Å². The Balaban J connectivity index is 2.27. The number of nitrogens with two attached hydrogens (primary N) is 1. The van der Waals surface area contributed by atoms with Gasteiger partial charge in [0, 0.05) is 17.0 Å². The maximum Gasteiger partial charge on any atom is 0.0596 e. The molecule has 0 spiro atoms. The van der Waals surface area contributed by atoms with Crippen LogP contribution in [0.15, 0.2) is 11.4 Å². The number of piperidine rings is 1. The lowest BCUT2D eigenvalue weighted by Gasteiger charge is -2.42. The van der Waals surface area contributed by atoms with Gasteiger partial charge in [-0.15, -0.1) is 11.3 Å². The fourth-order valence-corrected chi connectivity index (χ4v) is 4.13. The molecule has 1 saturated heterocycles. The third-order valence-corrected chi connectivity index (χ3v) is 5.00. The van der Waals surface area contributed by atoms with Crippen LogP contribution in [-0.4, -0.2) is 35.2 Å².